The first-order valence-electron chi connectivity index (χ1n) is 28.3. The van der Waals surface area contributed by atoms with Gasteiger partial charge in [-0.15, -0.1) is 0 Å². The average molecular weight is 1940 g/mol. The van der Waals surface area contributed by atoms with Gasteiger partial charge in [0, 0.05) is 46.4 Å². The minimum atomic E-state index is -0.265. The van der Waals surface area contributed by atoms with E-state index in [0.717, 1.165) is 83.0 Å². The number of carbonyl (C=O) groups excluding carboxylic acids is 4. The molecule has 90 heavy (non-hydrogen) atoms. The van der Waals surface area contributed by atoms with Gasteiger partial charge in [0.2, 0.25) is 0 Å². The van der Waals surface area contributed by atoms with Crippen molar-refractivity contribution in [3.63, 3.8) is 0 Å². The molecular formula is C72H63Cl3I6O9. The van der Waals surface area contributed by atoms with E-state index in [4.69, 9.17) is 39.5 Å². The first kappa shape index (κ1) is 74.9. The molecule has 0 bridgehead atoms. The zero-order valence-corrected chi connectivity index (χ0v) is 64.6. The highest BCUT2D eigenvalue weighted by Gasteiger charge is 2.19. The summed E-state index contributed by atoms with van der Waals surface area (Å²) in [6.45, 7) is 8.15. The van der Waals surface area contributed by atoms with Crippen molar-refractivity contribution in [1.29, 1.82) is 0 Å². The predicted octanol–water partition coefficient (Wildman–Crippen LogP) is 22.2. The second-order valence-corrected chi connectivity index (χ2v) is 29.7. The van der Waals surface area contributed by atoms with Gasteiger partial charge in [-0.05, 0) is 308 Å². The van der Waals surface area contributed by atoms with Gasteiger partial charge < -0.3 is 25.2 Å². The summed E-state index contributed by atoms with van der Waals surface area (Å²) in [5, 5.41) is 41.1. The van der Waals surface area contributed by atoms with Crippen LogP contribution >= 0.6 is 170 Å². The molecule has 0 atom stereocenters. The first-order valence-corrected chi connectivity index (χ1v) is 35.9. The summed E-state index contributed by atoms with van der Waals surface area (Å²) in [5.74, 6) is 1.20. The van der Waals surface area contributed by atoms with Crippen molar-refractivity contribution in [3.05, 3.63) is 267 Å². The topological polar surface area (TPSA) is 158 Å². The number of rotatable bonds is 20. The summed E-state index contributed by atoms with van der Waals surface area (Å²) in [6, 6.07) is 51.3. The molecule has 9 rings (SSSR count). The maximum Gasteiger partial charge on any atom is 0.171 e. The van der Waals surface area contributed by atoms with Crippen LogP contribution in [0.2, 0.25) is 15.1 Å². The maximum absolute atomic E-state index is 12.4. The third-order valence-electron chi connectivity index (χ3n) is 13.9. The number of halogens is 9. The molecular weight excluding hydrogens is 1880 g/mol. The Labute approximate surface area is 623 Å². The Bertz CT molecular complexity index is 3990. The molecule has 0 heterocycles. The number of Topliss-reactive ketones (excluding diaryl/α,β-unsaturated/α-hetero) is 4. The number of phenolic OH excluding ortho intramolecular Hbond substituents is 4. The van der Waals surface area contributed by atoms with Gasteiger partial charge >= 0.3 is 0 Å². The highest BCUT2D eigenvalue weighted by Crippen LogP contribution is 2.34. The molecule has 0 fully saturated rings. The van der Waals surface area contributed by atoms with E-state index in [1.165, 1.54) is 34.4 Å². The Morgan fingerprint density at radius 1 is 0.378 bits per heavy atom. The normalized spacial score (nSPS) is 10.6. The number of benzene rings is 9. The lowest BCUT2D eigenvalue weighted by Crippen LogP contribution is -2.04. The van der Waals surface area contributed by atoms with Gasteiger partial charge in [0.25, 0.3) is 0 Å². The highest BCUT2D eigenvalue weighted by molar-refractivity contribution is 14.1. The maximum atomic E-state index is 12.4. The SMILES string of the molecule is Cc1ccc(CCCC(=O)c2cc(I)cc(I)c2O)c(Cl)c1.Cc1ccc(CCCC(=O)c2cc(I)cc(I)c2O)cc1.Cc1ccc(Oc2ccc(CC(=O)c3cc(Cl)cc(Cl)c3O)cc2)cc1.Cc1cccc(CCCC(=O)c2cc(I)cc(I)c2O)c1. The number of hydrogen-bond acceptors (Lipinski definition) is 9. The number of ketones is 4. The molecule has 18 heteroatoms. The van der Waals surface area contributed by atoms with E-state index in [0.29, 0.717) is 56.7 Å². The van der Waals surface area contributed by atoms with Crippen molar-refractivity contribution < 1.29 is 44.3 Å². The minimum Gasteiger partial charge on any atom is -0.506 e. The van der Waals surface area contributed by atoms with Crippen LogP contribution in [0.1, 0.15) is 124 Å². The molecule has 9 aromatic carbocycles. The molecule has 0 radical (unpaired) electrons. The zero-order valence-electron chi connectivity index (χ0n) is 49.4. The second kappa shape index (κ2) is 37.1. The summed E-state index contributed by atoms with van der Waals surface area (Å²) in [5.41, 5.74) is 10.5. The quantitative estimate of drug-likeness (QED) is 0.0430. The van der Waals surface area contributed by atoms with Crippen molar-refractivity contribution in [2.75, 3.05) is 0 Å². The van der Waals surface area contributed by atoms with Gasteiger partial charge in [-0.3, -0.25) is 19.2 Å². The van der Waals surface area contributed by atoms with E-state index in [-0.39, 0.29) is 63.1 Å². The molecule has 0 aliphatic carbocycles. The number of hydrogen-bond donors (Lipinski definition) is 4. The van der Waals surface area contributed by atoms with Crippen LogP contribution in [0.5, 0.6) is 34.5 Å². The molecule has 0 saturated carbocycles. The Balaban J connectivity index is 0.000000192. The molecule has 9 aromatic rings. The van der Waals surface area contributed by atoms with Crippen LogP contribution in [0.25, 0.3) is 0 Å². The molecule has 0 spiro atoms. The molecule has 0 aliphatic heterocycles. The van der Waals surface area contributed by atoms with Crippen LogP contribution in [-0.4, -0.2) is 43.6 Å². The smallest absolute Gasteiger partial charge is 0.171 e. The van der Waals surface area contributed by atoms with Crippen molar-refractivity contribution in [2.45, 2.75) is 91.9 Å². The Morgan fingerprint density at radius 2 is 0.778 bits per heavy atom. The zero-order chi connectivity index (χ0) is 65.8. The number of aromatic hydroxyl groups is 4. The van der Waals surface area contributed by atoms with Crippen molar-refractivity contribution in [3.8, 4) is 34.5 Å². The molecule has 0 unspecified atom stereocenters. The molecule has 9 nitrogen and oxygen atoms in total. The van der Waals surface area contributed by atoms with Gasteiger partial charge in [-0.25, -0.2) is 0 Å². The van der Waals surface area contributed by atoms with Crippen LogP contribution in [0, 0.1) is 49.1 Å². The highest BCUT2D eigenvalue weighted by atomic mass is 127. The van der Waals surface area contributed by atoms with E-state index in [9.17, 15) is 39.6 Å². The molecule has 468 valence electrons. The van der Waals surface area contributed by atoms with Crippen molar-refractivity contribution in [2.24, 2.45) is 0 Å². The number of carbonyl (C=O) groups is 4. The standard InChI is InChI=1S/C21H16Cl2O3.C17H15ClI2O2.2C17H16I2O2/c1-13-2-6-16(7-3-13)26-17-8-4-14(5-9-17)10-20(24)18-11-15(22)12-19(23)21(18)25;1-10-5-6-11(14(18)7-10)3-2-4-16(21)13-8-12(19)9-15(20)17(13)22;1-11-4-2-5-12(8-11)6-3-7-16(20)14-9-13(18)10-15(19)17(14)21;1-11-5-7-12(8-6-11)3-2-4-16(20)14-9-13(18)10-15(19)17(14)21/h2-9,11-12,25H,10H2,1H3;5-9,22H,2-4H2,1H3;2,4-5,8-10,21H,3,6-7H2,1H3;5-10,21H,2-4H2,1H3. The van der Waals surface area contributed by atoms with E-state index in [2.05, 4.69) is 169 Å². The first-order chi connectivity index (χ1) is 42.7. The summed E-state index contributed by atoms with van der Waals surface area (Å²) in [6.07, 6.45) is 6.25. The van der Waals surface area contributed by atoms with Crippen LogP contribution in [0.3, 0.4) is 0 Å². The van der Waals surface area contributed by atoms with E-state index in [1.54, 1.807) is 30.3 Å². The fraction of sp³-hybridized carbons (Fsp3) is 0.194. The van der Waals surface area contributed by atoms with Crippen LogP contribution in [-0.2, 0) is 25.7 Å². The minimum absolute atomic E-state index is 0.0102. The molecule has 0 saturated heterocycles. The molecule has 0 aliphatic rings. The predicted molar refractivity (Wildman–Crippen MR) is 415 cm³/mol. The van der Waals surface area contributed by atoms with E-state index in [1.807, 2.05) is 115 Å². The van der Waals surface area contributed by atoms with Crippen molar-refractivity contribution in [1.82, 2.24) is 0 Å². The van der Waals surface area contributed by atoms with Gasteiger partial charge in [-0.2, -0.15) is 0 Å². The van der Waals surface area contributed by atoms with Crippen molar-refractivity contribution >= 4 is 193 Å². The largest absolute Gasteiger partial charge is 0.506 e. The second-order valence-electron chi connectivity index (χ2n) is 21.2. The number of ether oxygens (including phenoxy) is 1. The number of aryl methyl sites for hydroxylation is 7. The fourth-order valence-electron chi connectivity index (χ4n) is 9.04. The van der Waals surface area contributed by atoms with Crippen LogP contribution < -0.4 is 4.74 Å². The molecule has 4 N–H and O–H groups in total. The third kappa shape index (κ3) is 24.0. The van der Waals surface area contributed by atoms with Crippen LogP contribution in [0.4, 0.5) is 0 Å². The van der Waals surface area contributed by atoms with Gasteiger partial charge in [0.05, 0.1) is 38.0 Å². The lowest BCUT2D eigenvalue weighted by atomic mass is 10.0. The summed E-state index contributed by atoms with van der Waals surface area (Å²) < 4.78 is 10.8. The monoisotopic (exact) mass is 1940 g/mol. The van der Waals surface area contributed by atoms with Crippen LogP contribution in [0.15, 0.2) is 164 Å². The van der Waals surface area contributed by atoms with Gasteiger partial charge in [0.15, 0.2) is 23.1 Å². The Kier molecular flexibility index (Phi) is 30.9. The third-order valence-corrected chi connectivity index (χ3v) is 19.1. The lowest BCUT2D eigenvalue weighted by molar-refractivity contribution is 0.0969. The molecule has 0 aromatic heterocycles. The summed E-state index contributed by atoms with van der Waals surface area (Å²) in [4.78, 5) is 49.2. The van der Waals surface area contributed by atoms with Gasteiger partial charge in [-0.1, -0.05) is 136 Å². The van der Waals surface area contributed by atoms with E-state index < -0.39 is 0 Å². The van der Waals surface area contributed by atoms with E-state index >= 15 is 0 Å². The van der Waals surface area contributed by atoms with Gasteiger partial charge in [0.1, 0.15) is 34.5 Å². The Hall–Kier alpha value is -4.09. The summed E-state index contributed by atoms with van der Waals surface area (Å²) >= 11 is 30.6. The fourth-order valence-corrected chi connectivity index (χ4v) is 15.4. The Morgan fingerprint density at radius 3 is 1.24 bits per heavy atom. The average Bonchev–Trinajstić information content (AvgIpc) is 1.55. The molecule has 0 amide bonds. The summed E-state index contributed by atoms with van der Waals surface area (Å²) in [7, 11) is 0. The number of phenols is 4. The lowest BCUT2D eigenvalue weighted by Gasteiger charge is -2.08.